The maximum atomic E-state index is 12.9. The van der Waals surface area contributed by atoms with Gasteiger partial charge in [0.15, 0.2) is 0 Å². The Hall–Kier alpha value is -3.01. The number of nitrogens with one attached hydrogen (secondary N) is 2. The molecule has 2 N–H and O–H groups in total. The van der Waals surface area contributed by atoms with Gasteiger partial charge >= 0.3 is 0 Å². The number of likely N-dealkylation sites (tertiary alicyclic amines) is 1. The summed E-state index contributed by atoms with van der Waals surface area (Å²) in [5.74, 6) is 1.11. The number of hydrogen-bond acceptors (Lipinski definition) is 7. The predicted molar refractivity (Wildman–Crippen MR) is 167 cm³/mol. The lowest BCUT2D eigenvalue weighted by Gasteiger charge is -2.42. The van der Waals surface area contributed by atoms with Crippen molar-refractivity contribution in [2.45, 2.75) is 76.4 Å². The molecule has 3 aromatic rings. The molecule has 226 valence electrons. The van der Waals surface area contributed by atoms with Gasteiger partial charge in [-0.1, -0.05) is 6.07 Å². The van der Waals surface area contributed by atoms with Crippen molar-refractivity contribution in [3.05, 3.63) is 47.9 Å². The van der Waals surface area contributed by atoms with Crippen molar-refractivity contribution in [1.29, 1.82) is 0 Å². The van der Waals surface area contributed by atoms with Gasteiger partial charge < -0.3 is 25.2 Å². The number of aromatic nitrogens is 3. The molecule has 0 spiro atoms. The summed E-state index contributed by atoms with van der Waals surface area (Å²) in [5, 5.41) is 12.4. The standard InChI is InChI=1S/C33H47N7O2/c1-23-5-4-6-29(35-23)33(41)36-31-19-25-22-40(37-30(25)20-32(31)42-3)28-9-7-24(8-10-28)21-38(2)26-13-17-39(18-14-26)27-11-15-34-16-12-27/h4-6,19-20,22,24,26-28,34H,7-18,21H2,1-3H3,(H,36,41)/t24-,28-. The molecule has 2 saturated heterocycles. The van der Waals surface area contributed by atoms with Gasteiger partial charge in [-0.25, -0.2) is 4.98 Å². The van der Waals surface area contributed by atoms with Gasteiger partial charge in [0.2, 0.25) is 0 Å². The average molecular weight is 574 g/mol. The average Bonchev–Trinajstić information content (AvgIpc) is 3.44. The van der Waals surface area contributed by atoms with Crippen LogP contribution >= 0.6 is 0 Å². The third-order valence-electron chi connectivity index (χ3n) is 9.90. The zero-order chi connectivity index (χ0) is 29.1. The first-order valence-corrected chi connectivity index (χ1v) is 15.9. The van der Waals surface area contributed by atoms with E-state index in [1.807, 2.05) is 31.2 Å². The molecule has 1 amide bonds. The highest BCUT2D eigenvalue weighted by molar-refractivity contribution is 6.05. The van der Waals surface area contributed by atoms with Crippen LogP contribution in [0.2, 0.25) is 0 Å². The van der Waals surface area contributed by atoms with E-state index < -0.39 is 0 Å². The molecule has 6 rings (SSSR count). The highest BCUT2D eigenvalue weighted by atomic mass is 16.5. The predicted octanol–water partition coefficient (Wildman–Crippen LogP) is 4.88. The number of benzene rings is 1. The fourth-order valence-electron chi connectivity index (χ4n) is 7.39. The summed E-state index contributed by atoms with van der Waals surface area (Å²) >= 11 is 0. The summed E-state index contributed by atoms with van der Waals surface area (Å²) in [6.07, 6.45) is 12.2. The van der Waals surface area contributed by atoms with Crippen molar-refractivity contribution < 1.29 is 9.53 Å². The number of anilines is 1. The van der Waals surface area contributed by atoms with Crippen molar-refractivity contribution >= 4 is 22.5 Å². The second-order valence-corrected chi connectivity index (χ2v) is 12.7. The number of rotatable bonds is 8. The van der Waals surface area contributed by atoms with Gasteiger partial charge in [-0.15, -0.1) is 0 Å². The lowest BCUT2D eigenvalue weighted by Crippen LogP contribution is -2.50. The van der Waals surface area contributed by atoms with Crippen molar-refractivity contribution in [2.75, 3.05) is 52.2 Å². The van der Waals surface area contributed by atoms with Gasteiger partial charge in [0.05, 0.1) is 24.4 Å². The summed E-state index contributed by atoms with van der Waals surface area (Å²) in [6, 6.07) is 11.3. The smallest absolute Gasteiger partial charge is 0.274 e. The van der Waals surface area contributed by atoms with Gasteiger partial charge in [0.1, 0.15) is 11.4 Å². The summed E-state index contributed by atoms with van der Waals surface area (Å²) in [4.78, 5) is 22.6. The third kappa shape index (κ3) is 6.63. The normalized spacial score (nSPS) is 23.0. The lowest BCUT2D eigenvalue weighted by atomic mass is 9.85. The largest absolute Gasteiger partial charge is 0.494 e. The molecule has 4 heterocycles. The zero-order valence-corrected chi connectivity index (χ0v) is 25.5. The number of fused-ring (bicyclic) bond motifs is 1. The van der Waals surface area contributed by atoms with Crippen LogP contribution < -0.4 is 15.4 Å². The number of amides is 1. The minimum absolute atomic E-state index is 0.251. The van der Waals surface area contributed by atoms with E-state index in [1.165, 1.54) is 71.2 Å². The van der Waals surface area contributed by atoms with Gasteiger partial charge in [0, 0.05) is 42.0 Å². The van der Waals surface area contributed by atoms with E-state index >= 15 is 0 Å². The van der Waals surface area contributed by atoms with E-state index in [0.717, 1.165) is 47.4 Å². The van der Waals surface area contributed by atoms with E-state index in [4.69, 9.17) is 9.84 Å². The number of piperidine rings is 2. The summed E-state index contributed by atoms with van der Waals surface area (Å²) in [7, 11) is 3.98. The number of carbonyl (C=O) groups is 1. The molecule has 1 saturated carbocycles. The highest BCUT2D eigenvalue weighted by Crippen LogP contribution is 2.36. The molecule has 3 fully saturated rings. The number of carbonyl (C=O) groups excluding carboxylic acids is 1. The summed E-state index contributed by atoms with van der Waals surface area (Å²) < 4.78 is 7.76. The SMILES string of the molecule is COc1cc2nn([C@H]3CC[C@H](CN(C)C4CCN(C5CCNCC5)CC4)CC3)cc2cc1NC(=O)c1cccc(C)n1. The van der Waals surface area contributed by atoms with Crippen molar-refractivity contribution in [3.8, 4) is 5.75 Å². The minimum Gasteiger partial charge on any atom is -0.494 e. The molecule has 0 unspecified atom stereocenters. The van der Waals surface area contributed by atoms with E-state index in [0.29, 0.717) is 23.2 Å². The van der Waals surface area contributed by atoms with E-state index in [2.05, 4.69) is 43.3 Å². The van der Waals surface area contributed by atoms with E-state index in [1.54, 1.807) is 13.2 Å². The number of hydrogen-bond donors (Lipinski definition) is 2. The van der Waals surface area contributed by atoms with Gasteiger partial charge in [-0.2, -0.15) is 5.10 Å². The first-order valence-electron chi connectivity index (χ1n) is 15.9. The maximum Gasteiger partial charge on any atom is 0.274 e. The van der Waals surface area contributed by atoms with Crippen molar-refractivity contribution in [3.63, 3.8) is 0 Å². The fraction of sp³-hybridized carbons (Fsp3) is 0.606. The fourth-order valence-corrected chi connectivity index (χ4v) is 7.39. The zero-order valence-electron chi connectivity index (χ0n) is 25.5. The van der Waals surface area contributed by atoms with Gasteiger partial charge in [-0.3, -0.25) is 9.48 Å². The Morgan fingerprint density at radius 2 is 1.81 bits per heavy atom. The Kier molecular flexibility index (Phi) is 9.07. The molecule has 2 aliphatic heterocycles. The third-order valence-corrected chi connectivity index (χ3v) is 9.90. The molecular weight excluding hydrogens is 526 g/mol. The number of ether oxygens (including phenoxy) is 1. The Bertz CT molecular complexity index is 1350. The van der Waals surface area contributed by atoms with E-state index in [-0.39, 0.29) is 5.91 Å². The molecule has 9 heteroatoms. The summed E-state index contributed by atoms with van der Waals surface area (Å²) in [5.41, 5.74) is 2.71. The number of aryl methyl sites for hydroxylation is 1. The second-order valence-electron chi connectivity index (χ2n) is 12.7. The maximum absolute atomic E-state index is 12.9. The van der Waals surface area contributed by atoms with Crippen LogP contribution in [0.4, 0.5) is 5.69 Å². The van der Waals surface area contributed by atoms with E-state index in [9.17, 15) is 4.79 Å². The quantitative estimate of drug-likeness (QED) is 0.397. The van der Waals surface area contributed by atoms with Crippen LogP contribution in [0.1, 0.15) is 73.6 Å². The highest BCUT2D eigenvalue weighted by Gasteiger charge is 2.30. The molecule has 0 atom stereocenters. The van der Waals surface area contributed by atoms with Crippen molar-refractivity contribution in [1.82, 2.24) is 29.9 Å². The monoisotopic (exact) mass is 573 g/mol. The Labute approximate surface area is 250 Å². The van der Waals surface area contributed by atoms with Crippen LogP contribution in [0.3, 0.4) is 0 Å². The molecule has 3 aliphatic rings. The topological polar surface area (TPSA) is 87.5 Å². The molecule has 0 bridgehead atoms. The Balaban J connectivity index is 1.02. The first kappa shape index (κ1) is 29.1. The number of nitrogens with zero attached hydrogens (tertiary/aromatic N) is 5. The van der Waals surface area contributed by atoms with Crippen LogP contribution in [0.15, 0.2) is 36.5 Å². The van der Waals surface area contributed by atoms with Crippen LogP contribution in [0.5, 0.6) is 5.75 Å². The first-order chi connectivity index (χ1) is 20.5. The second kappa shape index (κ2) is 13.1. The van der Waals surface area contributed by atoms with Gasteiger partial charge in [-0.05, 0) is 116 Å². The molecule has 0 radical (unpaired) electrons. The number of methoxy groups -OCH3 is 1. The van der Waals surface area contributed by atoms with Crippen LogP contribution in [-0.2, 0) is 0 Å². The molecule has 1 aromatic carbocycles. The Morgan fingerprint density at radius 1 is 1.05 bits per heavy atom. The Morgan fingerprint density at radius 3 is 2.52 bits per heavy atom. The molecular formula is C33H47N7O2. The van der Waals surface area contributed by atoms with Crippen molar-refractivity contribution in [2.24, 2.45) is 5.92 Å². The van der Waals surface area contributed by atoms with Crippen LogP contribution in [-0.4, -0.2) is 89.4 Å². The molecule has 1 aliphatic carbocycles. The van der Waals surface area contributed by atoms with Gasteiger partial charge in [0.25, 0.3) is 5.91 Å². The van der Waals surface area contributed by atoms with Crippen LogP contribution in [0.25, 0.3) is 10.9 Å². The molecule has 2 aromatic heterocycles. The number of pyridine rings is 1. The lowest BCUT2D eigenvalue weighted by molar-refractivity contribution is 0.0723. The minimum atomic E-state index is -0.251. The van der Waals surface area contributed by atoms with Crippen LogP contribution in [0, 0.1) is 12.8 Å². The molecule has 9 nitrogen and oxygen atoms in total. The summed E-state index contributed by atoms with van der Waals surface area (Å²) in [6.45, 7) is 7.98. The molecule has 42 heavy (non-hydrogen) atoms.